The van der Waals surface area contributed by atoms with E-state index in [2.05, 4.69) is 0 Å². The van der Waals surface area contributed by atoms with Crippen molar-refractivity contribution in [3.05, 3.63) is 74.1 Å². The van der Waals surface area contributed by atoms with Gasteiger partial charge in [0.2, 0.25) is 5.43 Å². The lowest BCUT2D eigenvalue weighted by Crippen LogP contribution is -2.30. The van der Waals surface area contributed by atoms with Gasteiger partial charge in [0, 0.05) is 24.5 Å². The SMILES string of the molecule is CC(C)Cn1c(-c2ccccc2Cl)nc2c(c(=O)c3ccccc3n2C)c1=O. The number of halogens is 1. The molecule has 0 N–H and O–H groups in total. The summed E-state index contributed by atoms with van der Waals surface area (Å²) in [5.41, 5.74) is 1.15. The molecule has 28 heavy (non-hydrogen) atoms. The van der Waals surface area contributed by atoms with Gasteiger partial charge in [0.15, 0.2) is 5.65 Å². The van der Waals surface area contributed by atoms with Crippen molar-refractivity contribution in [2.45, 2.75) is 20.4 Å². The van der Waals surface area contributed by atoms with E-state index in [0.717, 1.165) is 5.52 Å². The van der Waals surface area contributed by atoms with Crippen molar-refractivity contribution < 1.29 is 0 Å². The zero-order chi connectivity index (χ0) is 20.0. The second-order valence-electron chi connectivity index (χ2n) is 7.33. The fourth-order valence-electron chi connectivity index (χ4n) is 3.57. The number of fused-ring (bicyclic) bond motifs is 2. The van der Waals surface area contributed by atoms with E-state index < -0.39 is 0 Å². The average Bonchev–Trinajstić information content (AvgIpc) is 2.68. The first-order valence-corrected chi connectivity index (χ1v) is 9.55. The molecule has 0 aliphatic rings. The molecule has 6 heteroatoms. The zero-order valence-corrected chi connectivity index (χ0v) is 16.7. The Hall–Kier alpha value is -2.92. The number of rotatable bonds is 3. The van der Waals surface area contributed by atoms with Gasteiger partial charge in [-0.05, 0) is 30.2 Å². The maximum Gasteiger partial charge on any atom is 0.267 e. The summed E-state index contributed by atoms with van der Waals surface area (Å²) in [6, 6.07) is 14.6. The Morgan fingerprint density at radius 2 is 1.71 bits per heavy atom. The maximum absolute atomic E-state index is 13.5. The van der Waals surface area contributed by atoms with Gasteiger partial charge in [0.1, 0.15) is 11.2 Å². The van der Waals surface area contributed by atoms with Gasteiger partial charge >= 0.3 is 0 Å². The second-order valence-corrected chi connectivity index (χ2v) is 7.74. The molecule has 0 unspecified atom stereocenters. The van der Waals surface area contributed by atoms with Gasteiger partial charge < -0.3 is 4.57 Å². The summed E-state index contributed by atoms with van der Waals surface area (Å²) in [7, 11) is 1.82. The molecule has 4 rings (SSSR count). The Bertz CT molecular complexity index is 1340. The summed E-state index contributed by atoms with van der Waals surface area (Å²) < 4.78 is 3.37. The number of pyridine rings is 1. The topological polar surface area (TPSA) is 56.9 Å². The molecule has 142 valence electrons. The van der Waals surface area contributed by atoms with Crippen LogP contribution >= 0.6 is 11.6 Å². The van der Waals surface area contributed by atoms with Crippen LogP contribution in [0, 0.1) is 5.92 Å². The minimum absolute atomic E-state index is 0.109. The highest BCUT2D eigenvalue weighted by molar-refractivity contribution is 6.33. The number of nitrogens with zero attached hydrogens (tertiary/aromatic N) is 3. The number of aromatic nitrogens is 3. The van der Waals surface area contributed by atoms with Crippen molar-refractivity contribution in [3.63, 3.8) is 0 Å². The highest BCUT2D eigenvalue weighted by atomic mass is 35.5. The largest absolute Gasteiger partial charge is 0.328 e. The molecule has 2 aromatic heterocycles. The fourth-order valence-corrected chi connectivity index (χ4v) is 3.79. The van der Waals surface area contributed by atoms with Crippen molar-refractivity contribution in [1.29, 1.82) is 0 Å². The first-order valence-electron chi connectivity index (χ1n) is 9.17. The lowest BCUT2D eigenvalue weighted by Gasteiger charge is -2.18. The molecule has 0 amide bonds. The predicted octanol–water partition coefficient (Wildman–Crippen LogP) is 4.22. The van der Waals surface area contributed by atoms with Crippen molar-refractivity contribution in [3.8, 4) is 11.4 Å². The normalized spacial score (nSPS) is 11.6. The Morgan fingerprint density at radius 3 is 2.43 bits per heavy atom. The zero-order valence-electron chi connectivity index (χ0n) is 15.9. The maximum atomic E-state index is 13.5. The van der Waals surface area contributed by atoms with Crippen LogP contribution in [0.2, 0.25) is 5.02 Å². The molecule has 0 aliphatic heterocycles. The molecule has 2 heterocycles. The van der Waals surface area contributed by atoms with Crippen LogP contribution in [-0.4, -0.2) is 14.1 Å². The van der Waals surface area contributed by atoms with E-state index in [1.807, 2.05) is 51.2 Å². The van der Waals surface area contributed by atoms with E-state index in [9.17, 15) is 9.59 Å². The summed E-state index contributed by atoms with van der Waals surface area (Å²) >= 11 is 6.41. The Morgan fingerprint density at radius 1 is 1.04 bits per heavy atom. The number of aryl methyl sites for hydroxylation is 1. The molecule has 0 aliphatic carbocycles. The van der Waals surface area contributed by atoms with Gasteiger partial charge in [-0.3, -0.25) is 14.2 Å². The Labute approximate surface area is 166 Å². The van der Waals surface area contributed by atoms with Crippen molar-refractivity contribution in [1.82, 2.24) is 14.1 Å². The van der Waals surface area contributed by atoms with Crippen molar-refractivity contribution in [2.75, 3.05) is 0 Å². The molecule has 4 aromatic rings. The smallest absolute Gasteiger partial charge is 0.267 e. The van der Waals surface area contributed by atoms with Crippen LogP contribution in [0.4, 0.5) is 0 Å². The van der Waals surface area contributed by atoms with Crippen molar-refractivity contribution in [2.24, 2.45) is 13.0 Å². The third-order valence-corrected chi connectivity index (χ3v) is 5.20. The first-order chi connectivity index (χ1) is 13.4. The molecule has 2 aromatic carbocycles. The quantitative estimate of drug-likeness (QED) is 0.489. The van der Waals surface area contributed by atoms with E-state index in [-0.39, 0.29) is 22.3 Å². The molecule has 0 saturated heterocycles. The summed E-state index contributed by atoms with van der Waals surface area (Å²) in [6.45, 7) is 4.48. The Kier molecular flexibility index (Phi) is 4.55. The minimum Gasteiger partial charge on any atom is -0.328 e. The van der Waals surface area contributed by atoms with Gasteiger partial charge in [-0.15, -0.1) is 0 Å². The monoisotopic (exact) mass is 393 g/mol. The van der Waals surface area contributed by atoms with Crippen LogP contribution in [0.1, 0.15) is 13.8 Å². The van der Waals surface area contributed by atoms with Gasteiger partial charge in [-0.1, -0.05) is 49.7 Å². The minimum atomic E-state index is -0.333. The molecule has 0 bridgehead atoms. The second kappa shape index (κ2) is 6.91. The van der Waals surface area contributed by atoms with Crippen LogP contribution in [0.15, 0.2) is 58.1 Å². The third kappa shape index (κ3) is 2.83. The number of hydrogen-bond donors (Lipinski definition) is 0. The molecule has 0 spiro atoms. The summed E-state index contributed by atoms with van der Waals surface area (Å²) in [4.78, 5) is 31.3. The van der Waals surface area contributed by atoms with Gasteiger partial charge in [0.05, 0.1) is 10.5 Å². The van der Waals surface area contributed by atoms with E-state index in [1.54, 1.807) is 27.3 Å². The fraction of sp³-hybridized carbons (Fsp3) is 0.227. The highest BCUT2D eigenvalue weighted by Gasteiger charge is 2.20. The van der Waals surface area contributed by atoms with Gasteiger partial charge in [0.25, 0.3) is 5.56 Å². The van der Waals surface area contributed by atoms with Crippen LogP contribution in [0.3, 0.4) is 0 Å². The number of benzene rings is 2. The highest BCUT2D eigenvalue weighted by Crippen LogP contribution is 2.27. The first kappa shape index (κ1) is 18.4. The van der Waals surface area contributed by atoms with Crippen LogP contribution in [0.5, 0.6) is 0 Å². The van der Waals surface area contributed by atoms with E-state index in [4.69, 9.17) is 16.6 Å². The standard InChI is InChI=1S/C22H20ClN3O2/c1-13(2)12-26-20(14-8-4-6-10-16(14)23)24-21-18(22(26)28)19(27)15-9-5-7-11-17(15)25(21)3/h4-11,13H,12H2,1-3H3. The lowest BCUT2D eigenvalue weighted by atomic mass is 10.1. The van der Waals surface area contributed by atoms with Crippen molar-refractivity contribution >= 4 is 33.5 Å². The van der Waals surface area contributed by atoms with Crippen LogP contribution in [-0.2, 0) is 13.6 Å². The molecular weight excluding hydrogens is 374 g/mol. The summed E-state index contributed by atoms with van der Waals surface area (Å²) in [5, 5.41) is 1.13. The summed E-state index contributed by atoms with van der Waals surface area (Å²) in [6.07, 6.45) is 0. The predicted molar refractivity (Wildman–Crippen MR) is 114 cm³/mol. The average molecular weight is 394 g/mol. The molecule has 0 radical (unpaired) electrons. The van der Waals surface area contributed by atoms with E-state index in [0.29, 0.717) is 34.0 Å². The molecular formula is C22H20ClN3O2. The number of hydrogen-bond acceptors (Lipinski definition) is 3. The molecule has 0 saturated carbocycles. The lowest BCUT2D eigenvalue weighted by molar-refractivity contribution is 0.512. The van der Waals surface area contributed by atoms with E-state index in [1.165, 1.54) is 0 Å². The van der Waals surface area contributed by atoms with Crippen LogP contribution in [0.25, 0.3) is 33.3 Å². The summed E-state index contributed by atoms with van der Waals surface area (Å²) in [5.74, 6) is 0.671. The molecule has 0 atom stereocenters. The number of para-hydroxylation sites is 1. The molecule has 5 nitrogen and oxygen atoms in total. The third-order valence-electron chi connectivity index (χ3n) is 4.87. The van der Waals surface area contributed by atoms with Crippen LogP contribution < -0.4 is 11.0 Å². The molecule has 0 fully saturated rings. The van der Waals surface area contributed by atoms with Gasteiger partial charge in [-0.25, -0.2) is 4.98 Å². The van der Waals surface area contributed by atoms with E-state index >= 15 is 0 Å². The Balaban J connectivity index is 2.23. The van der Waals surface area contributed by atoms with Gasteiger partial charge in [-0.2, -0.15) is 0 Å².